The third-order valence-corrected chi connectivity index (χ3v) is 4.02. The van der Waals surface area contributed by atoms with Gasteiger partial charge in [0.25, 0.3) is 0 Å². The van der Waals surface area contributed by atoms with E-state index in [2.05, 4.69) is 16.8 Å². The molecule has 2 rings (SSSR count). The molecule has 0 spiro atoms. The van der Waals surface area contributed by atoms with Gasteiger partial charge in [0.2, 0.25) is 0 Å². The molecule has 0 aliphatic heterocycles. The van der Waals surface area contributed by atoms with Crippen LogP contribution in [-0.2, 0) is 4.74 Å². The van der Waals surface area contributed by atoms with E-state index in [-0.39, 0.29) is 12.0 Å². The van der Waals surface area contributed by atoms with E-state index in [1.165, 1.54) is 7.11 Å². The second kappa shape index (κ2) is 7.13. The van der Waals surface area contributed by atoms with E-state index >= 15 is 0 Å². The fourth-order valence-electron chi connectivity index (χ4n) is 2.37. The summed E-state index contributed by atoms with van der Waals surface area (Å²) in [6.45, 7) is 3.91. The number of methoxy groups -OCH3 is 2. The topological polar surface area (TPSA) is 51.7 Å². The number of ether oxygens (including phenoxy) is 2. The van der Waals surface area contributed by atoms with Crippen LogP contribution < -0.4 is 9.64 Å². The van der Waals surface area contributed by atoms with E-state index < -0.39 is 0 Å². The Morgan fingerprint density at radius 3 is 2.30 bits per heavy atom. The highest BCUT2D eigenvalue weighted by Gasteiger charge is 2.16. The van der Waals surface area contributed by atoms with Crippen LogP contribution in [0, 0.1) is 6.92 Å². The Labute approximate surface area is 136 Å². The molecule has 0 radical (unpaired) electrons. The lowest BCUT2D eigenvalue weighted by Gasteiger charge is -2.27. The number of carbonyl (C=O) groups is 1. The first kappa shape index (κ1) is 16.8. The molecule has 0 saturated carbocycles. The maximum atomic E-state index is 11.6. The molecule has 1 atom stereocenters. The molecule has 1 heterocycles. The lowest BCUT2D eigenvalue weighted by atomic mass is 10.1. The zero-order valence-electron chi connectivity index (χ0n) is 14.2. The minimum absolute atomic E-state index is 0.136. The van der Waals surface area contributed by atoms with Crippen molar-refractivity contribution < 1.29 is 14.3 Å². The van der Waals surface area contributed by atoms with Gasteiger partial charge in [-0.25, -0.2) is 9.78 Å². The summed E-state index contributed by atoms with van der Waals surface area (Å²) >= 11 is 0. The van der Waals surface area contributed by atoms with E-state index in [1.807, 2.05) is 44.3 Å². The summed E-state index contributed by atoms with van der Waals surface area (Å²) in [5.41, 5.74) is 2.30. The van der Waals surface area contributed by atoms with Crippen LogP contribution in [0.4, 0.5) is 5.82 Å². The van der Waals surface area contributed by atoms with Crippen molar-refractivity contribution in [1.82, 2.24) is 4.98 Å². The Balaban J connectivity index is 2.23. The maximum absolute atomic E-state index is 11.6. The SMILES string of the molecule is COC(=O)c1ccc(N(C)C(C)c2ccc(OC)cc2)nc1C. The third-order valence-electron chi connectivity index (χ3n) is 4.02. The first-order valence-corrected chi connectivity index (χ1v) is 7.40. The summed E-state index contributed by atoms with van der Waals surface area (Å²) in [7, 11) is 5.00. The third kappa shape index (κ3) is 3.62. The standard InChI is InChI=1S/C18H22N2O3/c1-12-16(18(21)23-5)10-11-17(19-12)20(3)13(2)14-6-8-15(22-4)9-7-14/h6-11,13H,1-5H3. The first-order chi connectivity index (χ1) is 11.0. The van der Waals surface area contributed by atoms with Crippen molar-refractivity contribution in [3.05, 3.63) is 53.2 Å². The van der Waals surface area contributed by atoms with Gasteiger partial charge >= 0.3 is 5.97 Å². The number of anilines is 1. The number of pyridine rings is 1. The summed E-state index contributed by atoms with van der Waals surface area (Å²) in [4.78, 5) is 18.2. The van der Waals surface area contributed by atoms with Gasteiger partial charge in [0.05, 0.1) is 31.5 Å². The van der Waals surface area contributed by atoms with Gasteiger partial charge in [-0.05, 0) is 43.7 Å². The Bertz CT molecular complexity index is 683. The molecule has 0 fully saturated rings. The maximum Gasteiger partial charge on any atom is 0.339 e. The summed E-state index contributed by atoms with van der Waals surface area (Å²) in [5.74, 6) is 1.27. The van der Waals surface area contributed by atoms with Crippen LogP contribution >= 0.6 is 0 Å². The molecule has 122 valence electrons. The van der Waals surface area contributed by atoms with Crippen LogP contribution in [0.15, 0.2) is 36.4 Å². The Kier molecular flexibility index (Phi) is 5.21. The van der Waals surface area contributed by atoms with E-state index in [4.69, 9.17) is 9.47 Å². The van der Waals surface area contributed by atoms with Gasteiger partial charge < -0.3 is 14.4 Å². The highest BCUT2D eigenvalue weighted by molar-refractivity contribution is 5.90. The fourth-order valence-corrected chi connectivity index (χ4v) is 2.37. The number of carbonyl (C=O) groups excluding carboxylic acids is 1. The van der Waals surface area contributed by atoms with E-state index in [9.17, 15) is 4.79 Å². The zero-order chi connectivity index (χ0) is 17.0. The normalized spacial score (nSPS) is 11.7. The smallest absolute Gasteiger partial charge is 0.339 e. The summed E-state index contributed by atoms with van der Waals surface area (Å²) in [6.07, 6.45) is 0. The average molecular weight is 314 g/mol. The minimum atomic E-state index is -0.368. The number of esters is 1. The number of rotatable bonds is 5. The molecule has 0 bridgehead atoms. The second-order valence-corrected chi connectivity index (χ2v) is 5.35. The largest absolute Gasteiger partial charge is 0.497 e. The van der Waals surface area contributed by atoms with Crippen molar-refractivity contribution >= 4 is 11.8 Å². The number of nitrogens with zero attached hydrogens (tertiary/aromatic N) is 2. The van der Waals surface area contributed by atoms with Gasteiger partial charge in [0, 0.05) is 7.05 Å². The molecule has 0 saturated heterocycles. The van der Waals surface area contributed by atoms with Crippen LogP contribution in [0.3, 0.4) is 0 Å². The highest BCUT2D eigenvalue weighted by atomic mass is 16.5. The average Bonchev–Trinajstić information content (AvgIpc) is 2.59. The predicted molar refractivity (Wildman–Crippen MR) is 90.1 cm³/mol. The molecular formula is C18H22N2O3. The van der Waals surface area contributed by atoms with Crippen LogP contribution in [0.1, 0.15) is 34.6 Å². The molecule has 0 amide bonds. The molecule has 2 aromatic rings. The summed E-state index contributed by atoms with van der Waals surface area (Å²) in [6, 6.07) is 11.7. The van der Waals surface area contributed by atoms with Crippen LogP contribution in [0.25, 0.3) is 0 Å². The van der Waals surface area contributed by atoms with Gasteiger partial charge in [0.15, 0.2) is 0 Å². The molecule has 0 aliphatic carbocycles. The molecule has 1 aromatic carbocycles. The van der Waals surface area contributed by atoms with Crippen LogP contribution in [0.5, 0.6) is 5.75 Å². The van der Waals surface area contributed by atoms with Crippen molar-refractivity contribution in [2.24, 2.45) is 0 Å². The molecule has 5 heteroatoms. The number of aryl methyl sites for hydroxylation is 1. The van der Waals surface area contributed by atoms with Gasteiger partial charge in [-0.3, -0.25) is 0 Å². The number of hydrogen-bond acceptors (Lipinski definition) is 5. The predicted octanol–water partition coefficient (Wildman–Crippen LogP) is 3.38. The lowest BCUT2D eigenvalue weighted by Crippen LogP contribution is -2.23. The Morgan fingerprint density at radius 2 is 1.78 bits per heavy atom. The zero-order valence-corrected chi connectivity index (χ0v) is 14.2. The molecule has 0 N–H and O–H groups in total. The van der Waals surface area contributed by atoms with Crippen molar-refractivity contribution in [3.8, 4) is 5.75 Å². The molecule has 0 aliphatic rings. The molecule has 5 nitrogen and oxygen atoms in total. The fraction of sp³-hybridized carbons (Fsp3) is 0.333. The van der Waals surface area contributed by atoms with E-state index in [0.29, 0.717) is 11.3 Å². The first-order valence-electron chi connectivity index (χ1n) is 7.40. The molecule has 23 heavy (non-hydrogen) atoms. The number of benzene rings is 1. The Morgan fingerprint density at radius 1 is 1.13 bits per heavy atom. The van der Waals surface area contributed by atoms with Gasteiger partial charge in [-0.2, -0.15) is 0 Å². The van der Waals surface area contributed by atoms with Crippen LogP contribution in [0.2, 0.25) is 0 Å². The summed E-state index contributed by atoms with van der Waals surface area (Å²) < 4.78 is 9.94. The number of aromatic nitrogens is 1. The molecule has 1 aromatic heterocycles. The summed E-state index contributed by atoms with van der Waals surface area (Å²) in [5, 5.41) is 0. The quantitative estimate of drug-likeness (QED) is 0.792. The monoisotopic (exact) mass is 314 g/mol. The van der Waals surface area contributed by atoms with E-state index in [1.54, 1.807) is 13.2 Å². The number of hydrogen-bond donors (Lipinski definition) is 0. The van der Waals surface area contributed by atoms with Crippen molar-refractivity contribution in [2.45, 2.75) is 19.9 Å². The van der Waals surface area contributed by atoms with Gasteiger partial charge in [-0.15, -0.1) is 0 Å². The van der Waals surface area contributed by atoms with Gasteiger partial charge in [0.1, 0.15) is 11.6 Å². The Hall–Kier alpha value is -2.56. The van der Waals surface area contributed by atoms with E-state index in [0.717, 1.165) is 17.1 Å². The van der Waals surface area contributed by atoms with Crippen molar-refractivity contribution in [1.29, 1.82) is 0 Å². The molecule has 1 unspecified atom stereocenters. The van der Waals surface area contributed by atoms with Crippen LogP contribution in [-0.4, -0.2) is 32.2 Å². The lowest BCUT2D eigenvalue weighted by molar-refractivity contribution is 0.0599. The van der Waals surface area contributed by atoms with Crippen molar-refractivity contribution in [2.75, 3.05) is 26.2 Å². The second-order valence-electron chi connectivity index (χ2n) is 5.35. The van der Waals surface area contributed by atoms with Crippen molar-refractivity contribution in [3.63, 3.8) is 0 Å². The molecular weight excluding hydrogens is 292 g/mol. The van der Waals surface area contributed by atoms with Gasteiger partial charge in [-0.1, -0.05) is 12.1 Å². The minimum Gasteiger partial charge on any atom is -0.497 e. The highest BCUT2D eigenvalue weighted by Crippen LogP contribution is 2.26.